The summed E-state index contributed by atoms with van der Waals surface area (Å²) in [5.41, 5.74) is 0. The second kappa shape index (κ2) is 5.10. The van der Waals surface area contributed by atoms with E-state index in [4.69, 9.17) is 4.74 Å². The van der Waals surface area contributed by atoms with Gasteiger partial charge in [-0.1, -0.05) is 0 Å². The predicted octanol–water partition coefficient (Wildman–Crippen LogP) is 0.707. The molecule has 3 nitrogen and oxygen atoms in total. The third-order valence-electron chi connectivity index (χ3n) is 3.40. The van der Waals surface area contributed by atoms with Crippen LogP contribution in [0.4, 0.5) is 0 Å². The fourth-order valence-corrected chi connectivity index (χ4v) is 2.44. The van der Waals surface area contributed by atoms with E-state index in [9.17, 15) is 0 Å². The van der Waals surface area contributed by atoms with Crippen LogP contribution in [0.3, 0.4) is 0 Å². The third-order valence-corrected chi connectivity index (χ3v) is 3.40. The number of nitrogens with zero attached hydrogens (tertiary/aromatic N) is 1. The molecule has 0 bridgehead atoms. The third kappa shape index (κ3) is 2.69. The number of nitrogens with one attached hydrogen (secondary N) is 1. The van der Waals surface area contributed by atoms with Gasteiger partial charge in [0.15, 0.2) is 0 Å². The van der Waals surface area contributed by atoms with Crippen molar-refractivity contribution in [3.63, 3.8) is 0 Å². The minimum Gasteiger partial charge on any atom is -0.379 e. The number of morpholine rings is 1. The molecule has 82 valence electrons. The average molecular weight is 198 g/mol. The van der Waals surface area contributed by atoms with Crippen molar-refractivity contribution in [3.8, 4) is 0 Å². The van der Waals surface area contributed by atoms with Gasteiger partial charge in [0.1, 0.15) is 0 Å². The minimum absolute atomic E-state index is 0.616. The lowest BCUT2D eigenvalue weighted by Gasteiger charge is -2.36. The van der Waals surface area contributed by atoms with Crippen molar-refractivity contribution in [2.75, 3.05) is 39.4 Å². The van der Waals surface area contributed by atoms with Gasteiger partial charge in [-0.3, -0.25) is 4.90 Å². The summed E-state index contributed by atoms with van der Waals surface area (Å²) in [6.07, 6.45) is 2.75. The molecule has 2 aliphatic rings. The van der Waals surface area contributed by atoms with Crippen molar-refractivity contribution in [1.29, 1.82) is 0 Å². The van der Waals surface area contributed by atoms with E-state index in [2.05, 4.69) is 17.1 Å². The molecule has 2 aliphatic heterocycles. The first kappa shape index (κ1) is 10.4. The molecule has 0 amide bonds. The molecule has 0 radical (unpaired) electrons. The van der Waals surface area contributed by atoms with E-state index in [1.807, 2.05) is 0 Å². The fourth-order valence-electron chi connectivity index (χ4n) is 2.44. The highest BCUT2D eigenvalue weighted by atomic mass is 16.5. The molecule has 0 aromatic heterocycles. The van der Waals surface area contributed by atoms with Crippen molar-refractivity contribution in [1.82, 2.24) is 10.2 Å². The Balaban J connectivity index is 1.76. The molecule has 0 aromatic rings. The van der Waals surface area contributed by atoms with Gasteiger partial charge in [0.25, 0.3) is 0 Å². The van der Waals surface area contributed by atoms with E-state index >= 15 is 0 Å². The van der Waals surface area contributed by atoms with E-state index < -0.39 is 0 Å². The van der Waals surface area contributed by atoms with Crippen molar-refractivity contribution in [2.24, 2.45) is 5.92 Å². The van der Waals surface area contributed by atoms with Crippen LogP contribution >= 0.6 is 0 Å². The van der Waals surface area contributed by atoms with Crippen molar-refractivity contribution < 1.29 is 4.74 Å². The topological polar surface area (TPSA) is 24.5 Å². The molecule has 0 saturated carbocycles. The second-order valence-electron chi connectivity index (χ2n) is 4.63. The molecule has 0 spiro atoms. The van der Waals surface area contributed by atoms with Crippen molar-refractivity contribution in [3.05, 3.63) is 0 Å². The van der Waals surface area contributed by atoms with Crippen LogP contribution in [0.15, 0.2) is 0 Å². The van der Waals surface area contributed by atoms with Gasteiger partial charge in [-0.25, -0.2) is 0 Å². The molecular formula is C11H22N2O. The Morgan fingerprint density at radius 1 is 1.50 bits per heavy atom. The molecule has 0 aliphatic carbocycles. The molecule has 14 heavy (non-hydrogen) atoms. The maximum absolute atomic E-state index is 5.44. The second-order valence-corrected chi connectivity index (χ2v) is 4.63. The van der Waals surface area contributed by atoms with Crippen LogP contribution in [0.2, 0.25) is 0 Å². The lowest BCUT2D eigenvalue weighted by molar-refractivity contribution is -0.00866. The summed E-state index contributed by atoms with van der Waals surface area (Å²) in [6, 6.07) is 0.616. The molecule has 0 aromatic carbocycles. The molecular weight excluding hydrogens is 176 g/mol. The summed E-state index contributed by atoms with van der Waals surface area (Å²) in [7, 11) is 0. The van der Waals surface area contributed by atoms with Crippen molar-refractivity contribution >= 4 is 0 Å². The quantitative estimate of drug-likeness (QED) is 0.707. The van der Waals surface area contributed by atoms with Gasteiger partial charge >= 0.3 is 0 Å². The smallest absolute Gasteiger partial charge is 0.0619 e. The highest BCUT2D eigenvalue weighted by molar-refractivity contribution is 4.77. The van der Waals surface area contributed by atoms with E-state index in [1.165, 1.54) is 32.5 Å². The highest BCUT2D eigenvalue weighted by Gasteiger charge is 2.22. The van der Waals surface area contributed by atoms with E-state index in [1.54, 1.807) is 0 Å². The summed E-state index contributed by atoms with van der Waals surface area (Å²) >= 11 is 0. The van der Waals surface area contributed by atoms with Crippen LogP contribution in [-0.2, 0) is 4.74 Å². The lowest BCUT2D eigenvalue weighted by atomic mass is 9.98. The van der Waals surface area contributed by atoms with E-state index in [0.717, 1.165) is 25.7 Å². The van der Waals surface area contributed by atoms with Gasteiger partial charge in [-0.2, -0.15) is 0 Å². The molecule has 1 N–H and O–H groups in total. The number of piperidine rings is 1. The first-order chi connectivity index (χ1) is 6.86. The van der Waals surface area contributed by atoms with Gasteiger partial charge in [0, 0.05) is 19.1 Å². The fraction of sp³-hybridized carbons (Fsp3) is 1.00. The Kier molecular flexibility index (Phi) is 3.79. The van der Waals surface area contributed by atoms with Crippen LogP contribution in [0.1, 0.15) is 19.8 Å². The minimum atomic E-state index is 0.616. The SMILES string of the molecule is CC1COCCN1CC1CCCNC1. The monoisotopic (exact) mass is 198 g/mol. The molecule has 2 heterocycles. The van der Waals surface area contributed by atoms with Gasteiger partial charge in [-0.15, -0.1) is 0 Å². The normalized spacial score (nSPS) is 35.8. The number of ether oxygens (including phenoxy) is 1. The summed E-state index contributed by atoms with van der Waals surface area (Å²) in [5.74, 6) is 0.865. The zero-order valence-corrected chi connectivity index (χ0v) is 9.17. The van der Waals surface area contributed by atoms with E-state index in [-0.39, 0.29) is 0 Å². The number of rotatable bonds is 2. The van der Waals surface area contributed by atoms with Crippen LogP contribution in [-0.4, -0.2) is 50.3 Å². The Hall–Kier alpha value is -0.120. The van der Waals surface area contributed by atoms with Crippen LogP contribution in [0.5, 0.6) is 0 Å². The zero-order valence-electron chi connectivity index (χ0n) is 9.17. The maximum Gasteiger partial charge on any atom is 0.0619 e. The summed E-state index contributed by atoms with van der Waals surface area (Å²) in [5, 5.41) is 3.48. The highest BCUT2D eigenvalue weighted by Crippen LogP contribution is 2.15. The van der Waals surface area contributed by atoms with E-state index in [0.29, 0.717) is 6.04 Å². The van der Waals surface area contributed by atoms with Crippen LogP contribution < -0.4 is 5.32 Å². The lowest BCUT2D eigenvalue weighted by Crippen LogP contribution is -2.47. The maximum atomic E-state index is 5.44. The van der Waals surface area contributed by atoms with Crippen LogP contribution in [0, 0.1) is 5.92 Å². The Labute approximate surface area is 86.8 Å². The van der Waals surface area contributed by atoms with Gasteiger partial charge < -0.3 is 10.1 Å². The first-order valence-electron chi connectivity index (χ1n) is 5.89. The van der Waals surface area contributed by atoms with Crippen LogP contribution in [0.25, 0.3) is 0 Å². The summed E-state index contributed by atoms with van der Waals surface area (Å²) < 4.78 is 5.44. The Morgan fingerprint density at radius 3 is 3.14 bits per heavy atom. The Bertz CT molecular complexity index is 169. The predicted molar refractivity (Wildman–Crippen MR) is 57.4 cm³/mol. The molecule has 2 saturated heterocycles. The average Bonchev–Trinajstić information content (AvgIpc) is 2.23. The summed E-state index contributed by atoms with van der Waals surface area (Å²) in [4.78, 5) is 2.58. The molecule has 2 unspecified atom stereocenters. The number of hydrogen-bond acceptors (Lipinski definition) is 3. The molecule has 2 rings (SSSR count). The molecule has 2 atom stereocenters. The standard InChI is InChI=1S/C11H22N2O/c1-10-9-14-6-5-13(10)8-11-3-2-4-12-7-11/h10-12H,2-9H2,1H3. The zero-order chi connectivity index (χ0) is 9.80. The van der Waals surface area contributed by atoms with Gasteiger partial charge in [0.05, 0.1) is 13.2 Å². The molecule has 3 heteroatoms. The summed E-state index contributed by atoms with van der Waals surface area (Å²) in [6.45, 7) is 8.93. The number of hydrogen-bond donors (Lipinski definition) is 1. The Morgan fingerprint density at radius 2 is 2.43 bits per heavy atom. The largest absolute Gasteiger partial charge is 0.379 e. The van der Waals surface area contributed by atoms with Gasteiger partial charge in [-0.05, 0) is 38.8 Å². The first-order valence-corrected chi connectivity index (χ1v) is 5.89. The van der Waals surface area contributed by atoms with Gasteiger partial charge in [0.2, 0.25) is 0 Å². The van der Waals surface area contributed by atoms with Crippen molar-refractivity contribution in [2.45, 2.75) is 25.8 Å². The molecule has 2 fully saturated rings.